The van der Waals surface area contributed by atoms with Gasteiger partial charge in [-0.05, 0) is 42.6 Å². The van der Waals surface area contributed by atoms with Crippen LogP contribution in [0.15, 0.2) is 30.3 Å². The van der Waals surface area contributed by atoms with Crippen molar-refractivity contribution in [1.29, 1.82) is 0 Å². The third kappa shape index (κ3) is 1.61. The summed E-state index contributed by atoms with van der Waals surface area (Å²) >= 11 is 0. The lowest BCUT2D eigenvalue weighted by molar-refractivity contribution is 0.101. The molecule has 0 atom stereocenters. The fourth-order valence-electron chi connectivity index (χ4n) is 1.59. The molecule has 0 aliphatic heterocycles. The number of halogens is 2. The van der Waals surface area contributed by atoms with Gasteiger partial charge in [-0.15, -0.1) is 0 Å². The van der Waals surface area contributed by atoms with E-state index in [1.54, 1.807) is 0 Å². The zero-order chi connectivity index (χ0) is 11.0. The average molecular weight is 206 g/mol. The van der Waals surface area contributed by atoms with Crippen LogP contribution in [0.1, 0.15) is 17.3 Å². The molecule has 2 aromatic carbocycles. The molecule has 2 aromatic rings. The van der Waals surface area contributed by atoms with E-state index in [1.807, 2.05) is 0 Å². The van der Waals surface area contributed by atoms with Crippen molar-refractivity contribution in [1.82, 2.24) is 0 Å². The van der Waals surface area contributed by atoms with Crippen molar-refractivity contribution in [3.8, 4) is 0 Å². The van der Waals surface area contributed by atoms with Gasteiger partial charge in [-0.3, -0.25) is 4.79 Å². The smallest absolute Gasteiger partial charge is 0.160 e. The molecule has 0 radical (unpaired) electrons. The van der Waals surface area contributed by atoms with Crippen LogP contribution in [0.2, 0.25) is 0 Å². The summed E-state index contributed by atoms with van der Waals surface area (Å²) in [5.41, 5.74) is 0.339. The van der Waals surface area contributed by atoms with Crippen molar-refractivity contribution in [3.63, 3.8) is 0 Å². The number of hydrogen-bond acceptors (Lipinski definition) is 1. The lowest BCUT2D eigenvalue weighted by atomic mass is 10.0. The number of hydrogen-bond donors (Lipinski definition) is 0. The highest BCUT2D eigenvalue weighted by Crippen LogP contribution is 2.23. The van der Waals surface area contributed by atoms with Gasteiger partial charge >= 0.3 is 0 Å². The van der Waals surface area contributed by atoms with Crippen LogP contribution in [-0.2, 0) is 0 Å². The molecule has 1 nitrogen and oxygen atoms in total. The largest absolute Gasteiger partial charge is 0.294 e. The number of benzene rings is 2. The van der Waals surface area contributed by atoms with E-state index < -0.39 is 11.6 Å². The van der Waals surface area contributed by atoms with E-state index in [0.717, 1.165) is 0 Å². The number of rotatable bonds is 1. The highest BCUT2D eigenvalue weighted by molar-refractivity contribution is 6.07. The first-order valence-corrected chi connectivity index (χ1v) is 4.48. The number of carbonyl (C=O) groups is 1. The SMILES string of the molecule is CC(=O)c1ccc(F)c2ccc(F)cc12. The van der Waals surface area contributed by atoms with Crippen LogP contribution in [0.5, 0.6) is 0 Å². The number of fused-ring (bicyclic) bond motifs is 1. The monoisotopic (exact) mass is 206 g/mol. The maximum Gasteiger partial charge on any atom is 0.160 e. The molecule has 0 saturated heterocycles. The van der Waals surface area contributed by atoms with Crippen molar-refractivity contribution in [2.24, 2.45) is 0 Å². The first kappa shape index (κ1) is 9.77. The molecule has 0 aromatic heterocycles. The van der Waals surface area contributed by atoms with Gasteiger partial charge in [0.2, 0.25) is 0 Å². The van der Waals surface area contributed by atoms with Gasteiger partial charge in [0.15, 0.2) is 5.78 Å². The van der Waals surface area contributed by atoms with Crippen molar-refractivity contribution in [2.45, 2.75) is 6.92 Å². The summed E-state index contributed by atoms with van der Waals surface area (Å²) in [5, 5.41) is 0.589. The Hall–Kier alpha value is -1.77. The number of carbonyl (C=O) groups excluding carboxylic acids is 1. The van der Waals surface area contributed by atoms with Gasteiger partial charge in [-0.2, -0.15) is 0 Å². The van der Waals surface area contributed by atoms with E-state index >= 15 is 0 Å². The third-order valence-electron chi connectivity index (χ3n) is 2.30. The Balaban J connectivity index is 2.90. The van der Waals surface area contributed by atoms with E-state index in [0.29, 0.717) is 10.9 Å². The van der Waals surface area contributed by atoms with Gasteiger partial charge < -0.3 is 0 Å². The van der Waals surface area contributed by atoms with Gasteiger partial charge in [-0.1, -0.05) is 0 Å². The van der Waals surface area contributed by atoms with Crippen LogP contribution in [0.25, 0.3) is 10.8 Å². The molecule has 0 fully saturated rings. The zero-order valence-corrected chi connectivity index (χ0v) is 8.05. The van der Waals surface area contributed by atoms with E-state index in [4.69, 9.17) is 0 Å². The summed E-state index contributed by atoms with van der Waals surface area (Å²) in [6, 6.07) is 6.29. The predicted molar refractivity (Wildman–Crippen MR) is 53.9 cm³/mol. The molecule has 0 aliphatic rings. The van der Waals surface area contributed by atoms with Crippen LogP contribution in [0.4, 0.5) is 8.78 Å². The second-order valence-electron chi connectivity index (χ2n) is 3.34. The maximum absolute atomic E-state index is 13.3. The molecule has 0 amide bonds. The topological polar surface area (TPSA) is 17.1 Å². The maximum atomic E-state index is 13.3. The minimum atomic E-state index is -0.476. The molecule has 3 heteroatoms. The molecule has 0 N–H and O–H groups in total. The summed E-state index contributed by atoms with van der Waals surface area (Å²) in [7, 11) is 0. The molecule has 0 aliphatic carbocycles. The minimum absolute atomic E-state index is 0.203. The van der Waals surface area contributed by atoms with Gasteiger partial charge in [-0.25, -0.2) is 8.78 Å². The van der Waals surface area contributed by atoms with Crippen molar-refractivity contribution in [3.05, 3.63) is 47.5 Å². The first-order valence-electron chi connectivity index (χ1n) is 4.48. The second-order valence-corrected chi connectivity index (χ2v) is 3.34. The van der Waals surface area contributed by atoms with E-state index in [2.05, 4.69) is 0 Å². The summed E-state index contributed by atoms with van der Waals surface area (Å²) in [6.07, 6.45) is 0. The Labute approximate surface area is 85.3 Å². The molecule has 15 heavy (non-hydrogen) atoms. The van der Waals surface area contributed by atoms with E-state index in [1.165, 1.54) is 37.3 Å². The van der Waals surface area contributed by atoms with Crippen LogP contribution in [0, 0.1) is 11.6 Å². The normalized spacial score (nSPS) is 10.6. The van der Waals surface area contributed by atoms with Crippen molar-refractivity contribution >= 4 is 16.6 Å². The van der Waals surface area contributed by atoms with Gasteiger partial charge in [0.05, 0.1) is 0 Å². The molecule has 0 saturated carbocycles. The highest BCUT2D eigenvalue weighted by atomic mass is 19.1. The number of Topliss-reactive ketones (excluding diaryl/α,β-unsaturated/α-hetero) is 1. The Morgan fingerprint density at radius 3 is 2.47 bits per heavy atom. The lowest BCUT2D eigenvalue weighted by Gasteiger charge is -2.04. The van der Waals surface area contributed by atoms with Gasteiger partial charge in [0.1, 0.15) is 11.6 Å². The first-order chi connectivity index (χ1) is 7.09. The Morgan fingerprint density at radius 1 is 1.07 bits per heavy atom. The Morgan fingerprint density at radius 2 is 1.80 bits per heavy atom. The number of ketones is 1. The average Bonchev–Trinajstić information content (AvgIpc) is 2.17. The molecule has 76 valence electrons. The zero-order valence-electron chi connectivity index (χ0n) is 8.05. The van der Waals surface area contributed by atoms with E-state index in [9.17, 15) is 13.6 Å². The Kier molecular flexibility index (Phi) is 2.23. The van der Waals surface area contributed by atoms with Crippen LogP contribution in [-0.4, -0.2) is 5.78 Å². The Bertz CT molecular complexity index is 547. The highest BCUT2D eigenvalue weighted by Gasteiger charge is 2.09. The standard InChI is InChI=1S/C12H8F2O/c1-7(15)9-4-5-12(14)10-3-2-8(13)6-11(9)10/h2-6H,1H3. The summed E-state index contributed by atoms with van der Waals surface area (Å²) < 4.78 is 26.3. The fraction of sp³-hybridized carbons (Fsp3) is 0.0833. The molecule has 2 rings (SSSR count). The third-order valence-corrected chi connectivity index (χ3v) is 2.30. The second kappa shape index (κ2) is 3.42. The minimum Gasteiger partial charge on any atom is -0.294 e. The molecule has 0 bridgehead atoms. The summed E-state index contributed by atoms with van der Waals surface area (Å²) in [4.78, 5) is 11.2. The predicted octanol–water partition coefficient (Wildman–Crippen LogP) is 3.32. The van der Waals surface area contributed by atoms with Crippen LogP contribution >= 0.6 is 0 Å². The molecule has 0 spiro atoms. The lowest BCUT2D eigenvalue weighted by Crippen LogP contribution is -1.95. The van der Waals surface area contributed by atoms with Gasteiger partial charge in [0, 0.05) is 10.9 Å². The van der Waals surface area contributed by atoms with Gasteiger partial charge in [0.25, 0.3) is 0 Å². The van der Waals surface area contributed by atoms with E-state index in [-0.39, 0.29) is 11.2 Å². The molecule has 0 heterocycles. The van der Waals surface area contributed by atoms with Crippen LogP contribution < -0.4 is 0 Å². The molecular formula is C12H8F2O. The summed E-state index contributed by atoms with van der Waals surface area (Å²) in [5.74, 6) is -1.13. The molecule has 0 unspecified atom stereocenters. The van der Waals surface area contributed by atoms with Crippen molar-refractivity contribution in [2.75, 3.05) is 0 Å². The quantitative estimate of drug-likeness (QED) is 0.654. The van der Waals surface area contributed by atoms with Crippen LogP contribution in [0.3, 0.4) is 0 Å². The van der Waals surface area contributed by atoms with Crippen molar-refractivity contribution < 1.29 is 13.6 Å². The molecular weight excluding hydrogens is 198 g/mol. The summed E-state index contributed by atoms with van der Waals surface area (Å²) in [6.45, 7) is 1.37. The fourth-order valence-corrected chi connectivity index (χ4v) is 1.59.